The minimum Gasteiger partial charge on any atom is -0.494 e. The zero-order chi connectivity index (χ0) is 18.0. The molecule has 0 atom stereocenters. The highest BCUT2D eigenvalue weighted by Crippen LogP contribution is 2.32. The van der Waals surface area contributed by atoms with Crippen molar-refractivity contribution < 1.29 is 22.3 Å². The zero-order valence-corrected chi connectivity index (χ0v) is 13.9. The number of nitrogens with two attached hydrogens (primary N) is 1. The number of nitrogens with one attached hydrogen (secondary N) is 1. The van der Waals surface area contributed by atoms with Gasteiger partial charge in [0.1, 0.15) is 11.5 Å². The second-order valence-corrected chi connectivity index (χ2v) is 6.38. The fraction of sp³-hybridized carbons (Fsp3) is 0.0625. The van der Waals surface area contributed by atoms with Crippen LogP contribution < -0.4 is 19.3 Å². The summed E-state index contributed by atoms with van der Waals surface area (Å²) in [5.74, 6) is 0.401. The summed E-state index contributed by atoms with van der Waals surface area (Å²) in [6.07, 6.45) is 1.53. The molecule has 2 aromatic carbocycles. The fourth-order valence-corrected chi connectivity index (χ4v) is 2.71. The molecule has 0 radical (unpaired) electrons. The van der Waals surface area contributed by atoms with Crippen LogP contribution in [0.25, 0.3) is 10.9 Å². The van der Waals surface area contributed by atoms with Crippen molar-refractivity contribution in [3.63, 3.8) is 0 Å². The van der Waals surface area contributed by atoms with E-state index in [1.807, 2.05) is 0 Å². The van der Waals surface area contributed by atoms with Gasteiger partial charge in [0.25, 0.3) is 10.2 Å². The number of hydrogen-bond donors (Lipinski definition) is 2. The SMILES string of the molecule is COc1cc2nccc(Oc3ccc(NS(N)(=O)=O)cc3)c2cc1F. The fourth-order valence-electron chi connectivity index (χ4n) is 2.25. The lowest BCUT2D eigenvalue weighted by Crippen LogP contribution is -2.21. The summed E-state index contributed by atoms with van der Waals surface area (Å²) in [5.41, 5.74) is 0.813. The number of anilines is 1. The molecule has 130 valence electrons. The first-order valence-corrected chi connectivity index (χ1v) is 8.61. The third-order valence-electron chi connectivity index (χ3n) is 3.32. The molecule has 9 heteroatoms. The predicted octanol–water partition coefficient (Wildman–Crippen LogP) is 2.79. The average Bonchev–Trinajstić information content (AvgIpc) is 2.55. The van der Waals surface area contributed by atoms with Crippen molar-refractivity contribution in [2.45, 2.75) is 0 Å². The topological polar surface area (TPSA) is 104 Å². The Kier molecular flexibility index (Phi) is 4.43. The van der Waals surface area contributed by atoms with Crippen LogP contribution >= 0.6 is 0 Å². The number of hydrogen-bond acceptors (Lipinski definition) is 5. The van der Waals surface area contributed by atoms with Gasteiger partial charge in [-0.25, -0.2) is 9.53 Å². The van der Waals surface area contributed by atoms with Crippen molar-refractivity contribution in [2.24, 2.45) is 5.14 Å². The highest BCUT2D eigenvalue weighted by Gasteiger charge is 2.11. The molecule has 1 aromatic heterocycles. The Balaban J connectivity index is 1.91. The Morgan fingerprint density at radius 3 is 2.48 bits per heavy atom. The summed E-state index contributed by atoms with van der Waals surface area (Å²) in [6.45, 7) is 0. The molecular weight excluding hydrogens is 349 g/mol. The molecule has 0 unspecified atom stereocenters. The largest absolute Gasteiger partial charge is 0.494 e. The predicted molar refractivity (Wildman–Crippen MR) is 91.5 cm³/mol. The molecule has 7 nitrogen and oxygen atoms in total. The maximum Gasteiger partial charge on any atom is 0.296 e. The summed E-state index contributed by atoms with van der Waals surface area (Å²) in [4.78, 5) is 4.17. The van der Waals surface area contributed by atoms with E-state index in [4.69, 9.17) is 14.6 Å². The van der Waals surface area contributed by atoms with Gasteiger partial charge >= 0.3 is 0 Å². The van der Waals surface area contributed by atoms with Gasteiger partial charge in [0, 0.05) is 23.3 Å². The molecule has 0 aliphatic carbocycles. The molecular formula is C16H14FN3O4S. The van der Waals surface area contributed by atoms with Gasteiger partial charge in [-0.05, 0) is 36.4 Å². The van der Waals surface area contributed by atoms with Crippen LogP contribution in [0, 0.1) is 5.82 Å². The van der Waals surface area contributed by atoms with Gasteiger partial charge in [-0.2, -0.15) is 8.42 Å². The molecule has 3 rings (SSSR count). The van der Waals surface area contributed by atoms with E-state index in [-0.39, 0.29) is 5.75 Å². The molecule has 0 fully saturated rings. The average molecular weight is 363 g/mol. The molecule has 0 saturated carbocycles. The first-order chi connectivity index (χ1) is 11.9. The molecule has 0 aliphatic heterocycles. The highest BCUT2D eigenvalue weighted by molar-refractivity contribution is 7.90. The number of fused-ring (bicyclic) bond motifs is 1. The smallest absolute Gasteiger partial charge is 0.296 e. The van der Waals surface area contributed by atoms with E-state index in [1.54, 1.807) is 18.2 Å². The van der Waals surface area contributed by atoms with Gasteiger partial charge in [-0.3, -0.25) is 9.71 Å². The molecule has 0 saturated heterocycles. The molecule has 0 aliphatic rings. The lowest BCUT2D eigenvalue weighted by atomic mass is 10.2. The quantitative estimate of drug-likeness (QED) is 0.725. The molecule has 3 aromatic rings. The molecule has 0 amide bonds. The van der Waals surface area contributed by atoms with Gasteiger partial charge in [-0.15, -0.1) is 0 Å². The lowest BCUT2D eigenvalue weighted by molar-refractivity contribution is 0.387. The van der Waals surface area contributed by atoms with E-state index in [0.717, 1.165) is 0 Å². The van der Waals surface area contributed by atoms with E-state index in [9.17, 15) is 12.8 Å². The number of pyridine rings is 1. The van der Waals surface area contributed by atoms with Crippen molar-refractivity contribution in [3.05, 3.63) is 54.5 Å². The Morgan fingerprint density at radius 2 is 1.84 bits per heavy atom. The summed E-state index contributed by atoms with van der Waals surface area (Å²) < 4.78 is 48.8. The molecule has 1 heterocycles. The Morgan fingerprint density at radius 1 is 1.12 bits per heavy atom. The van der Waals surface area contributed by atoms with Crippen LogP contribution in [0.15, 0.2) is 48.7 Å². The van der Waals surface area contributed by atoms with Crippen LogP contribution in [0.2, 0.25) is 0 Å². The summed E-state index contributed by atoms with van der Waals surface area (Å²) >= 11 is 0. The first-order valence-electron chi connectivity index (χ1n) is 7.06. The van der Waals surface area contributed by atoms with E-state index in [1.165, 1.54) is 37.6 Å². The number of aromatic nitrogens is 1. The van der Waals surface area contributed by atoms with Crippen LogP contribution in [-0.4, -0.2) is 20.5 Å². The molecule has 0 bridgehead atoms. The molecule has 25 heavy (non-hydrogen) atoms. The number of nitrogens with zero attached hydrogens (tertiary/aromatic N) is 1. The van der Waals surface area contributed by atoms with E-state index < -0.39 is 16.0 Å². The van der Waals surface area contributed by atoms with Gasteiger partial charge in [0.2, 0.25) is 0 Å². The van der Waals surface area contributed by atoms with E-state index >= 15 is 0 Å². The minimum atomic E-state index is -3.84. The van der Waals surface area contributed by atoms with Crippen LogP contribution in [0.1, 0.15) is 0 Å². The lowest BCUT2D eigenvalue weighted by Gasteiger charge is -2.11. The van der Waals surface area contributed by atoms with Gasteiger partial charge < -0.3 is 9.47 Å². The third-order valence-corrected chi connectivity index (χ3v) is 3.84. The van der Waals surface area contributed by atoms with Gasteiger partial charge in [0.15, 0.2) is 11.6 Å². The first kappa shape index (κ1) is 16.9. The zero-order valence-electron chi connectivity index (χ0n) is 13.1. The Hall–Kier alpha value is -2.91. The highest BCUT2D eigenvalue weighted by atomic mass is 32.2. The van der Waals surface area contributed by atoms with Crippen molar-refractivity contribution in [2.75, 3.05) is 11.8 Å². The molecule has 0 spiro atoms. The maximum atomic E-state index is 14.0. The number of rotatable bonds is 5. The summed E-state index contributed by atoms with van der Waals surface area (Å²) in [5, 5.41) is 5.39. The standard InChI is InChI=1S/C16H14FN3O4S/c1-23-16-9-14-12(8-13(16)17)15(6-7-19-14)24-11-4-2-10(3-5-11)20-25(18,21)22/h2-9,20H,1H3,(H2,18,21,22). The van der Waals surface area contributed by atoms with Crippen molar-refractivity contribution in [3.8, 4) is 17.2 Å². The normalized spacial score (nSPS) is 11.3. The number of ether oxygens (including phenoxy) is 2. The van der Waals surface area contributed by atoms with E-state index in [0.29, 0.717) is 28.1 Å². The van der Waals surface area contributed by atoms with Crippen LogP contribution in [-0.2, 0) is 10.2 Å². The van der Waals surface area contributed by atoms with Crippen LogP contribution in [0.3, 0.4) is 0 Å². The van der Waals surface area contributed by atoms with Crippen molar-refractivity contribution in [1.82, 2.24) is 4.98 Å². The summed E-state index contributed by atoms with van der Waals surface area (Å²) in [7, 11) is -2.47. The van der Waals surface area contributed by atoms with Crippen molar-refractivity contribution in [1.29, 1.82) is 0 Å². The number of benzene rings is 2. The number of halogens is 1. The van der Waals surface area contributed by atoms with Crippen molar-refractivity contribution >= 4 is 26.8 Å². The second-order valence-electron chi connectivity index (χ2n) is 5.09. The third kappa shape index (κ3) is 3.95. The molecule has 3 N–H and O–H groups in total. The van der Waals surface area contributed by atoms with Gasteiger partial charge in [0.05, 0.1) is 12.6 Å². The van der Waals surface area contributed by atoms with Crippen LogP contribution in [0.5, 0.6) is 17.2 Å². The Bertz CT molecular complexity index is 1020. The Labute approximate surface area is 143 Å². The minimum absolute atomic E-state index is 0.0931. The summed E-state index contributed by atoms with van der Waals surface area (Å²) in [6, 6.07) is 10.5. The number of methoxy groups -OCH3 is 1. The van der Waals surface area contributed by atoms with E-state index in [2.05, 4.69) is 9.71 Å². The monoisotopic (exact) mass is 363 g/mol. The van der Waals surface area contributed by atoms with Gasteiger partial charge in [-0.1, -0.05) is 0 Å². The van der Waals surface area contributed by atoms with Crippen LogP contribution in [0.4, 0.5) is 10.1 Å². The second kappa shape index (κ2) is 6.54. The maximum absolute atomic E-state index is 14.0.